The third-order valence-corrected chi connectivity index (χ3v) is 3.59. The van der Waals surface area contributed by atoms with Crippen molar-refractivity contribution in [2.75, 3.05) is 6.61 Å². The third kappa shape index (κ3) is 2.76. The molecule has 0 aromatic rings. The lowest BCUT2D eigenvalue weighted by molar-refractivity contribution is 0.246. The fourth-order valence-electron chi connectivity index (χ4n) is 2.69. The van der Waals surface area contributed by atoms with Crippen LogP contribution in [0.25, 0.3) is 0 Å². The molecule has 1 aliphatic heterocycles. The van der Waals surface area contributed by atoms with Gasteiger partial charge in [0.25, 0.3) is 0 Å². The highest BCUT2D eigenvalue weighted by Crippen LogP contribution is 2.32. The Kier molecular flexibility index (Phi) is 3.90. The van der Waals surface area contributed by atoms with Crippen LogP contribution < -0.4 is 0 Å². The van der Waals surface area contributed by atoms with Gasteiger partial charge < -0.3 is 4.74 Å². The van der Waals surface area contributed by atoms with Crippen LogP contribution in [0.5, 0.6) is 0 Å². The van der Waals surface area contributed by atoms with E-state index in [0.29, 0.717) is 0 Å². The zero-order chi connectivity index (χ0) is 9.64. The highest BCUT2D eigenvalue weighted by atomic mass is 16.5. The molecular weight excluding hydrogens is 172 g/mol. The van der Waals surface area contributed by atoms with Crippen LogP contribution in [0, 0.1) is 5.92 Å². The van der Waals surface area contributed by atoms with Crippen LogP contribution in [0.1, 0.15) is 57.8 Å². The van der Waals surface area contributed by atoms with Crippen molar-refractivity contribution in [2.45, 2.75) is 57.8 Å². The quantitative estimate of drug-likeness (QED) is 0.572. The summed E-state index contributed by atoms with van der Waals surface area (Å²) in [6.45, 7) is 0.941. The lowest BCUT2D eigenvalue weighted by Crippen LogP contribution is -2.03. The van der Waals surface area contributed by atoms with Crippen LogP contribution in [-0.4, -0.2) is 6.61 Å². The summed E-state index contributed by atoms with van der Waals surface area (Å²) < 4.78 is 5.54. The first-order chi connectivity index (χ1) is 6.97. The molecule has 0 unspecified atom stereocenters. The van der Waals surface area contributed by atoms with E-state index in [4.69, 9.17) is 4.74 Å². The zero-order valence-corrected chi connectivity index (χ0v) is 9.13. The van der Waals surface area contributed by atoms with Crippen molar-refractivity contribution in [1.82, 2.24) is 0 Å². The molecule has 80 valence electrons. The first kappa shape index (κ1) is 10.1. The standard InChI is InChI=1S/C13H22O/c1-2-4-8-12(7-3-1)13-9-5-6-10-14-11-13/h11-12H,1-10H2. The van der Waals surface area contributed by atoms with E-state index in [1.165, 1.54) is 57.8 Å². The maximum atomic E-state index is 5.54. The van der Waals surface area contributed by atoms with Gasteiger partial charge in [-0.05, 0) is 43.6 Å². The van der Waals surface area contributed by atoms with Crippen molar-refractivity contribution in [3.05, 3.63) is 11.8 Å². The van der Waals surface area contributed by atoms with E-state index in [-0.39, 0.29) is 0 Å². The first-order valence-corrected chi connectivity index (χ1v) is 6.27. The summed E-state index contributed by atoms with van der Waals surface area (Å²) in [4.78, 5) is 0. The van der Waals surface area contributed by atoms with Crippen LogP contribution in [-0.2, 0) is 4.74 Å². The number of rotatable bonds is 1. The molecule has 0 aromatic carbocycles. The van der Waals surface area contributed by atoms with E-state index < -0.39 is 0 Å². The van der Waals surface area contributed by atoms with Crippen molar-refractivity contribution in [3.8, 4) is 0 Å². The van der Waals surface area contributed by atoms with E-state index in [1.807, 2.05) is 0 Å². The number of allylic oxidation sites excluding steroid dienone is 1. The van der Waals surface area contributed by atoms with Gasteiger partial charge in [0.15, 0.2) is 0 Å². The third-order valence-electron chi connectivity index (χ3n) is 3.59. The van der Waals surface area contributed by atoms with Gasteiger partial charge in [-0.2, -0.15) is 0 Å². The molecule has 2 rings (SSSR count). The van der Waals surface area contributed by atoms with Crippen LogP contribution >= 0.6 is 0 Å². The molecule has 2 aliphatic rings. The summed E-state index contributed by atoms with van der Waals surface area (Å²) in [6.07, 6.45) is 14.5. The Morgan fingerprint density at radius 2 is 1.71 bits per heavy atom. The Morgan fingerprint density at radius 1 is 0.929 bits per heavy atom. The van der Waals surface area contributed by atoms with E-state index >= 15 is 0 Å². The van der Waals surface area contributed by atoms with Gasteiger partial charge in [-0.15, -0.1) is 0 Å². The molecule has 0 radical (unpaired) electrons. The smallest absolute Gasteiger partial charge is 0.0873 e. The Morgan fingerprint density at radius 3 is 2.50 bits per heavy atom. The maximum absolute atomic E-state index is 5.54. The largest absolute Gasteiger partial charge is 0.501 e. The second-order valence-electron chi connectivity index (χ2n) is 4.71. The monoisotopic (exact) mass is 194 g/mol. The molecule has 14 heavy (non-hydrogen) atoms. The Labute approximate surface area is 87.5 Å². The Bertz CT molecular complexity index is 187. The molecule has 0 N–H and O–H groups in total. The fourth-order valence-corrected chi connectivity index (χ4v) is 2.69. The van der Waals surface area contributed by atoms with Crippen molar-refractivity contribution in [2.24, 2.45) is 5.92 Å². The molecule has 0 atom stereocenters. The topological polar surface area (TPSA) is 9.23 Å². The van der Waals surface area contributed by atoms with Gasteiger partial charge in [-0.1, -0.05) is 25.7 Å². The zero-order valence-electron chi connectivity index (χ0n) is 9.13. The minimum absolute atomic E-state index is 0.857. The van der Waals surface area contributed by atoms with Gasteiger partial charge in [-0.25, -0.2) is 0 Å². The lowest BCUT2D eigenvalue weighted by atomic mass is 9.89. The van der Waals surface area contributed by atoms with Crippen LogP contribution in [0.3, 0.4) is 0 Å². The molecule has 0 saturated heterocycles. The van der Waals surface area contributed by atoms with Gasteiger partial charge in [0.1, 0.15) is 0 Å². The molecule has 0 bridgehead atoms. The van der Waals surface area contributed by atoms with Crippen molar-refractivity contribution >= 4 is 0 Å². The Hall–Kier alpha value is -0.460. The molecule has 0 spiro atoms. The molecule has 1 fully saturated rings. The highest BCUT2D eigenvalue weighted by molar-refractivity contribution is 5.05. The second-order valence-corrected chi connectivity index (χ2v) is 4.71. The van der Waals surface area contributed by atoms with Gasteiger partial charge in [0, 0.05) is 0 Å². The number of hydrogen-bond acceptors (Lipinski definition) is 1. The second kappa shape index (κ2) is 5.43. The molecule has 1 aliphatic carbocycles. The van der Waals surface area contributed by atoms with Gasteiger partial charge in [-0.3, -0.25) is 0 Å². The molecule has 0 amide bonds. The van der Waals surface area contributed by atoms with Crippen LogP contribution in [0.15, 0.2) is 11.8 Å². The van der Waals surface area contributed by atoms with Gasteiger partial charge >= 0.3 is 0 Å². The van der Waals surface area contributed by atoms with Gasteiger partial charge in [0.2, 0.25) is 0 Å². The minimum atomic E-state index is 0.857. The molecule has 1 heterocycles. The maximum Gasteiger partial charge on any atom is 0.0873 e. The SMILES string of the molecule is C1=C(C2CCCCCC2)CCCCO1. The summed E-state index contributed by atoms with van der Waals surface area (Å²) in [6, 6.07) is 0. The predicted molar refractivity (Wildman–Crippen MR) is 59.1 cm³/mol. The van der Waals surface area contributed by atoms with E-state index in [2.05, 4.69) is 6.26 Å². The van der Waals surface area contributed by atoms with Crippen molar-refractivity contribution in [3.63, 3.8) is 0 Å². The highest BCUT2D eigenvalue weighted by Gasteiger charge is 2.17. The summed E-state index contributed by atoms with van der Waals surface area (Å²) in [5, 5.41) is 0. The number of hydrogen-bond donors (Lipinski definition) is 0. The van der Waals surface area contributed by atoms with Crippen LogP contribution in [0.4, 0.5) is 0 Å². The summed E-state index contributed by atoms with van der Waals surface area (Å²) in [5.74, 6) is 0.857. The minimum Gasteiger partial charge on any atom is -0.501 e. The van der Waals surface area contributed by atoms with E-state index in [0.717, 1.165) is 12.5 Å². The lowest BCUT2D eigenvalue weighted by Gasteiger charge is -2.16. The summed E-state index contributed by atoms with van der Waals surface area (Å²) in [5.41, 5.74) is 1.62. The average molecular weight is 194 g/mol. The van der Waals surface area contributed by atoms with Gasteiger partial charge in [0.05, 0.1) is 12.9 Å². The summed E-state index contributed by atoms with van der Waals surface area (Å²) >= 11 is 0. The van der Waals surface area contributed by atoms with Crippen LogP contribution in [0.2, 0.25) is 0 Å². The first-order valence-electron chi connectivity index (χ1n) is 6.27. The van der Waals surface area contributed by atoms with E-state index in [9.17, 15) is 0 Å². The molecule has 1 saturated carbocycles. The van der Waals surface area contributed by atoms with Crippen molar-refractivity contribution < 1.29 is 4.74 Å². The molecule has 1 nitrogen and oxygen atoms in total. The number of ether oxygens (including phenoxy) is 1. The molecule has 1 heteroatoms. The van der Waals surface area contributed by atoms with E-state index in [1.54, 1.807) is 5.57 Å². The van der Waals surface area contributed by atoms with Crippen molar-refractivity contribution in [1.29, 1.82) is 0 Å². The fraction of sp³-hybridized carbons (Fsp3) is 0.846. The normalized spacial score (nSPS) is 25.9. The average Bonchev–Trinajstić information content (AvgIpc) is 2.62. The molecule has 0 aromatic heterocycles. The molecular formula is C13H22O. The summed E-state index contributed by atoms with van der Waals surface area (Å²) in [7, 11) is 0. The Balaban J connectivity index is 1.93. The predicted octanol–water partition coefficient (Wildman–Crippen LogP) is 4.04.